The van der Waals surface area contributed by atoms with Crippen LogP contribution in [0.4, 0.5) is 4.79 Å². The summed E-state index contributed by atoms with van der Waals surface area (Å²) in [5.74, 6) is -0.870. The van der Waals surface area contributed by atoms with E-state index in [2.05, 4.69) is 10.6 Å². The highest BCUT2D eigenvalue weighted by molar-refractivity contribution is 5.78. The monoisotopic (exact) mass is 244 g/mol. The Morgan fingerprint density at radius 3 is 2.41 bits per heavy atom. The summed E-state index contributed by atoms with van der Waals surface area (Å²) in [5.41, 5.74) is -0.882. The SMILES string of the molecule is CC(C)NC(=O)NCC1(C(=O)O)CCOCC1. The van der Waals surface area contributed by atoms with Crippen LogP contribution in [0, 0.1) is 5.41 Å². The van der Waals surface area contributed by atoms with E-state index < -0.39 is 11.4 Å². The number of hydrogen-bond donors (Lipinski definition) is 3. The van der Waals surface area contributed by atoms with Crippen molar-refractivity contribution in [1.29, 1.82) is 0 Å². The van der Waals surface area contributed by atoms with Crippen molar-refractivity contribution in [2.45, 2.75) is 32.7 Å². The number of ether oxygens (including phenoxy) is 1. The normalized spacial score (nSPS) is 18.8. The van der Waals surface area contributed by atoms with E-state index in [0.29, 0.717) is 26.1 Å². The molecule has 1 rings (SSSR count). The summed E-state index contributed by atoms with van der Waals surface area (Å²) in [5, 5.41) is 14.5. The molecular weight excluding hydrogens is 224 g/mol. The van der Waals surface area contributed by atoms with Crippen LogP contribution >= 0.6 is 0 Å². The lowest BCUT2D eigenvalue weighted by atomic mass is 9.80. The van der Waals surface area contributed by atoms with Gasteiger partial charge in [0.25, 0.3) is 0 Å². The molecule has 6 heteroatoms. The second kappa shape index (κ2) is 5.86. The molecule has 0 aromatic heterocycles. The number of amides is 2. The van der Waals surface area contributed by atoms with Gasteiger partial charge >= 0.3 is 12.0 Å². The smallest absolute Gasteiger partial charge is 0.315 e. The largest absolute Gasteiger partial charge is 0.481 e. The maximum absolute atomic E-state index is 11.4. The second-order valence-corrected chi connectivity index (χ2v) is 4.68. The zero-order valence-electron chi connectivity index (χ0n) is 10.3. The number of aliphatic carboxylic acids is 1. The Morgan fingerprint density at radius 2 is 1.94 bits per heavy atom. The van der Waals surface area contributed by atoms with Crippen LogP contribution in [0.2, 0.25) is 0 Å². The third-order valence-electron chi connectivity index (χ3n) is 2.91. The second-order valence-electron chi connectivity index (χ2n) is 4.68. The molecule has 0 aliphatic carbocycles. The number of rotatable bonds is 4. The van der Waals surface area contributed by atoms with Gasteiger partial charge in [-0.2, -0.15) is 0 Å². The van der Waals surface area contributed by atoms with Gasteiger partial charge in [-0.05, 0) is 26.7 Å². The first kappa shape index (κ1) is 13.8. The molecule has 0 atom stereocenters. The molecule has 1 aliphatic rings. The van der Waals surface area contributed by atoms with E-state index in [1.165, 1.54) is 0 Å². The highest BCUT2D eigenvalue weighted by atomic mass is 16.5. The fourth-order valence-corrected chi connectivity index (χ4v) is 1.79. The Kier molecular flexibility index (Phi) is 4.74. The summed E-state index contributed by atoms with van der Waals surface area (Å²) in [6.45, 7) is 4.70. The first-order valence-corrected chi connectivity index (χ1v) is 5.82. The molecule has 0 spiro atoms. The fourth-order valence-electron chi connectivity index (χ4n) is 1.79. The van der Waals surface area contributed by atoms with Crippen LogP contribution in [-0.4, -0.2) is 42.9 Å². The molecule has 0 aromatic rings. The summed E-state index contributed by atoms with van der Waals surface area (Å²) < 4.78 is 5.15. The van der Waals surface area contributed by atoms with Gasteiger partial charge < -0.3 is 20.5 Å². The van der Waals surface area contributed by atoms with Crippen LogP contribution < -0.4 is 10.6 Å². The Morgan fingerprint density at radius 1 is 1.35 bits per heavy atom. The number of carboxylic acid groups (broad SMARTS) is 1. The molecule has 0 unspecified atom stereocenters. The number of carbonyl (C=O) groups excluding carboxylic acids is 1. The van der Waals surface area contributed by atoms with Gasteiger partial charge in [-0.25, -0.2) is 4.79 Å². The molecule has 2 amide bonds. The minimum absolute atomic E-state index is 0.0328. The van der Waals surface area contributed by atoms with Crippen LogP contribution in [0.1, 0.15) is 26.7 Å². The molecule has 0 bridgehead atoms. The number of carbonyl (C=O) groups is 2. The van der Waals surface area contributed by atoms with Crippen molar-refractivity contribution in [2.24, 2.45) is 5.41 Å². The Balaban J connectivity index is 2.50. The summed E-state index contributed by atoms with van der Waals surface area (Å²) in [6, 6.07) is -0.294. The highest BCUT2D eigenvalue weighted by Crippen LogP contribution is 2.29. The van der Waals surface area contributed by atoms with E-state index >= 15 is 0 Å². The van der Waals surface area contributed by atoms with Gasteiger partial charge in [0, 0.05) is 25.8 Å². The van der Waals surface area contributed by atoms with E-state index in [1.807, 2.05) is 13.8 Å². The van der Waals surface area contributed by atoms with Crippen molar-refractivity contribution >= 4 is 12.0 Å². The van der Waals surface area contributed by atoms with E-state index in [1.54, 1.807) is 0 Å². The highest BCUT2D eigenvalue weighted by Gasteiger charge is 2.40. The minimum atomic E-state index is -0.882. The molecule has 1 fully saturated rings. The van der Waals surface area contributed by atoms with Gasteiger partial charge in [0.05, 0.1) is 5.41 Å². The molecule has 0 radical (unpaired) electrons. The van der Waals surface area contributed by atoms with Crippen molar-refractivity contribution < 1.29 is 19.4 Å². The average Bonchev–Trinajstić information content (AvgIpc) is 2.26. The Labute approximate surface area is 101 Å². The summed E-state index contributed by atoms with van der Waals surface area (Å²) >= 11 is 0. The van der Waals surface area contributed by atoms with Crippen LogP contribution in [0.3, 0.4) is 0 Å². The standard InChI is InChI=1S/C11H20N2O4/c1-8(2)13-10(16)12-7-11(9(14)15)3-5-17-6-4-11/h8H,3-7H2,1-2H3,(H,14,15)(H2,12,13,16). The third-order valence-corrected chi connectivity index (χ3v) is 2.91. The molecule has 6 nitrogen and oxygen atoms in total. The maximum Gasteiger partial charge on any atom is 0.315 e. The number of nitrogens with one attached hydrogen (secondary N) is 2. The Bertz CT molecular complexity index is 285. The van der Waals surface area contributed by atoms with Crippen LogP contribution in [0.25, 0.3) is 0 Å². The quantitative estimate of drug-likeness (QED) is 0.675. The zero-order chi connectivity index (χ0) is 12.9. The lowest BCUT2D eigenvalue weighted by Crippen LogP contribution is -2.49. The topological polar surface area (TPSA) is 87.7 Å². The summed E-state index contributed by atoms with van der Waals surface area (Å²) in [4.78, 5) is 22.7. The van der Waals surface area contributed by atoms with Crippen molar-refractivity contribution in [1.82, 2.24) is 10.6 Å². The molecule has 1 heterocycles. The minimum Gasteiger partial charge on any atom is -0.481 e. The lowest BCUT2D eigenvalue weighted by Gasteiger charge is -2.33. The number of carboxylic acids is 1. The molecule has 0 aromatic carbocycles. The molecule has 98 valence electrons. The van der Waals surface area contributed by atoms with Gasteiger partial charge in [-0.1, -0.05) is 0 Å². The van der Waals surface area contributed by atoms with Crippen LogP contribution in [0.15, 0.2) is 0 Å². The summed E-state index contributed by atoms with van der Waals surface area (Å²) in [7, 11) is 0. The Hall–Kier alpha value is -1.30. The average molecular weight is 244 g/mol. The van der Waals surface area contributed by atoms with Crippen molar-refractivity contribution in [3.63, 3.8) is 0 Å². The predicted octanol–water partition coefficient (Wildman–Crippen LogP) is 0.575. The van der Waals surface area contributed by atoms with Gasteiger partial charge in [-0.3, -0.25) is 4.79 Å². The third kappa shape index (κ3) is 3.89. The maximum atomic E-state index is 11.4. The van der Waals surface area contributed by atoms with E-state index in [-0.39, 0.29) is 18.6 Å². The number of urea groups is 1. The van der Waals surface area contributed by atoms with E-state index in [9.17, 15) is 14.7 Å². The molecule has 17 heavy (non-hydrogen) atoms. The summed E-state index contributed by atoms with van der Waals surface area (Å²) in [6.07, 6.45) is 0.870. The number of hydrogen-bond acceptors (Lipinski definition) is 3. The van der Waals surface area contributed by atoms with Gasteiger partial charge in [0.15, 0.2) is 0 Å². The molecule has 0 saturated carbocycles. The fraction of sp³-hybridized carbons (Fsp3) is 0.818. The van der Waals surface area contributed by atoms with E-state index in [0.717, 1.165) is 0 Å². The molecule has 1 saturated heterocycles. The van der Waals surface area contributed by atoms with Crippen LogP contribution in [0.5, 0.6) is 0 Å². The predicted molar refractivity (Wildman–Crippen MR) is 61.8 cm³/mol. The zero-order valence-corrected chi connectivity index (χ0v) is 10.3. The van der Waals surface area contributed by atoms with Gasteiger partial charge in [0.2, 0.25) is 0 Å². The van der Waals surface area contributed by atoms with Gasteiger partial charge in [-0.15, -0.1) is 0 Å². The van der Waals surface area contributed by atoms with Crippen molar-refractivity contribution in [2.75, 3.05) is 19.8 Å². The molecule has 3 N–H and O–H groups in total. The lowest BCUT2D eigenvalue weighted by molar-refractivity contribution is -0.154. The molecular formula is C11H20N2O4. The van der Waals surface area contributed by atoms with Crippen LogP contribution in [-0.2, 0) is 9.53 Å². The van der Waals surface area contributed by atoms with Gasteiger partial charge in [0.1, 0.15) is 0 Å². The first-order valence-electron chi connectivity index (χ1n) is 5.82. The first-order chi connectivity index (χ1) is 7.96. The van der Waals surface area contributed by atoms with Crippen molar-refractivity contribution in [3.05, 3.63) is 0 Å². The van der Waals surface area contributed by atoms with Crippen molar-refractivity contribution in [3.8, 4) is 0 Å². The molecule has 1 aliphatic heterocycles. The van der Waals surface area contributed by atoms with E-state index in [4.69, 9.17) is 4.74 Å².